The molecule has 0 aromatic carbocycles. The number of rotatable bonds is 1. The van der Waals surface area contributed by atoms with E-state index in [1.807, 2.05) is 13.4 Å². The zero-order valence-electron chi connectivity index (χ0n) is 9.47. The molecule has 0 amide bonds. The largest absolute Gasteiger partial charge is 0.353 e. The number of hydrogen-bond acceptors (Lipinski definition) is 1. The van der Waals surface area contributed by atoms with E-state index < -0.39 is 0 Å². The van der Waals surface area contributed by atoms with Gasteiger partial charge in [-0.05, 0) is 41.5 Å². The lowest BCUT2D eigenvalue weighted by molar-refractivity contribution is 0.130. The van der Waals surface area contributed by atoms with Gasteiger partial charge in [0.15, 0.2) is 0 Å². The smallest absolute Gasteiger partial charge is 0.0855 e. The maximum atomic E-state index is 4.07. The molecule has 0 saturated carbocycles. The highest BCUT2D eigenvalue weighted by atomic mass is 15.2. The minimum Gasteiger partial charge on any atom is -0.353 e. The highest BCUT2D eigenvalue weighted by Gasteiger charge is 2.28. The first kappa shape index (κ1) is 11.5. The van der Waals surface area contributed by atoms with Crippen LogP contribution in [0.15, 0.2) is 4.99 Å². The maximum absolute atomic E-state index is 4.07. The molecule has 0 bridgehead atoms. The highest BCUT2D eigenvalue weighted by molar-refractivity contribution is 5.57. The average molecular weight is 170 g/mol. The Morgan fingerprint density at radius 2 is 1.25 bits per heavy atom. The van der Waals surface area contributed by atoms with E-state index in [0.29, 0.717) is 0 Å². The molecule has 0 N–H and O–H groups in total. The lowest BCUT2D eigenvalue weighted by Gasteiger charge is -2.44. The molecule has 2 heteroatoms. The second-order valence-corrected chi connectivity index (χ2v) is 5.09. The van der Waals surface area contributed by atoms with Crippen LogP contribution in [-0.4, -0.2) is 29.4 Å². The molecule has 0 saturated heterocycles. The predicted octanol–water partition coefficient (Wildman–Crippen LogP) is 2.54. The van der Waals surface area contributed by atoms with E-state index in [4.69, 9.17) is 0 Å². The Bertz CT molecular complexity index is 144. The zero-order chi connectivity index (χ0) is 9.99. The standard InChI is InChI=1S/C10H22N2/c1-9(2,3)12(8-11-7)10(4,5)6/h8H,1-7H3. The second-order valence-electron chi connectivity index (χ2n) is 5.09. The van der Waals surface area contributed by atoms with Crippen LogP contribution < -0.4 is 0 Å². The van der Waals surface area contributed by atoms with Crippen molar-refractivity contribution in [3.8, 4) is 0 Å². The predicted molar refractivity (Wildman–Crippen MR) is 55.8 cm³/mol. The number of hydrogen-bond donors (Lipinski definition) is 0. The van der Waals surface area contributed by atoms with Gasteiger partial charge in [0.2, 0.25) is 0 Å². The van der Waals surface area contributed by atoms with E-state index in [0.717, 1.165) is 0 Å². The van der Waals surface area contributed by atoms with Crippen molar-refractivity contribution in [3.63, 3.8) is 0 Å². The molecule has 72 valence electrons. The van der Waals surface area contributed by atoms with E-state index in [2.05, 4.69) is 51.4 Å². The van der Waals surface area contributed by atoms with Gasteiger partial charge in [-0.3, -0.25) is 4.99 Å². The van der Waals surface area contributed by atoms with Crippen molar-refractivity contribution in [3.05, 3.63) is 0 Å². The first-order valence-electron chi connectivity index (χ1n) is 4.41. The van der Waals surface area contributed by atoms with Crippen LogP contribution in [0.1, 0.15) is 41.5 Å². The Morgan fingerprint density at radius 1 is 0.917 bits per heavy atom. The van der Waals surface area contributed by atoms with Crippen LogP contribution in [0.25, 0.3) is 0 Å². The molecule has 0 radical (unpaired) electrons. The van der Waals surface area contributed by atoms with Crippen molar-refractivity contribution >= 4 is 6.34 Å². The minimum absolute atomic E-state index is 0.137. The molecule has 0 aromatic rings. The Kier molecular flexibility index (Phi) is 3.31. The molecular weight excluding hydrogens is 148 g/mol. The molecule has 0 aliphatic rings. The van der Waals surface area contributed by atoms with E-state index in [1.165, 1.54) is 0 Å². The molecule has 12 heavy (non-hydrogen) atoms. The summed E-state index contributed by atoms with van der Waals surface area (Å²) in [5.41, 5.74) is 0.273. The van der Waals surface area contributed by atoms with Gasteiger partial charge in [0.25, 0.3) is 0 Å². The second kappa shape index (κ2) is 3.46. The SMILES string of the molecule is CN=CN(C(C)(C)C)C(C)(C)C. The summed E-state index contributed by atoms with van der Waals surface area (Å²) >= 11 is 0. The van der Waals surface area contributed by atoms with Gasteiger partial charge in [-0.25, -0.2) is 0 Å². The highest BCUT2D eigenvalue weighted by Crippen LogP contribution is 2.22. The number of aliphatic imine (C=N–C) groups is 1. The fourth-order valence-corrected chi connectivity index (χ4v) is 1.47. The Labute approximate surface area is 76.7 Å². The minimum atomic E-state index is 0.137. The summed E-state index contributed by atoms with van der Waals surface area (Å²) in [6.07, 6.45) is 1.92. The van der Waals surface area contributed by atoms with Crippen molar-refractivity contribution in [2.45, 2.75) is 52.6 Å². The molecule has 0 aliphatic carbocycles. The maximum Gasteiger partial charge on any atom is 0.0855 e. The third kappa shape index (κ3) is 3.24. The van der Waals surface area contributed by atoms with Gasteiger partial charge >= 0.3 is 0 Å². The summed E-state index contributed by atoms with van der Waals surface area (Å²) in [4.78, 5) is 6.33. The monoisotopic (exact) mass is 170 g/mol. The van der Waals surface area contributed by atoms with Crippen LogP contribution in [0.3, 0.4) is 0 Å². The quantitative estimate of drug-likeness (QED) is 0.436. The first-order chi connectivity index (χ1) is 5.19. The molecule has 0 aliphatic heterocycles. The molecule has 0 atom stereocenters. The van der Waals surface area contributed by atoms with Crippen LogP contribution in [0, 0.1) is 0 Å². The molecule has 0 rings (SSSR count). The van der Waals surface area contributed by atoms with Crippen LogP contribution in [-0.2, 0) is 0 Å². The van der Waals surface area contributed by atoms with Gasteiger partial charge in [0.05, 0.1) is 6.34 Å². The Morgan fingerprint density at radius 3 is 1.33 bits per heavy atom. The van der Waals surface area contributed by atoms with E-state index in [9.17, 15) is 0 Å². The van der Waals surface area contributed by atoms with E-state index in [1.54, 1.807) is 0 Å². The topological polar surface area (TPSA) is 15.6 Å². The van der Waals surface area contributed by atoms with Crippen LogP contribution in [0.5, 0.6) is 0 Å². The summed E-state index contributed by atoms with van der Waals surface area (Å²) in [6.45, 7) is 13.2. The Hall–Kier alpha value is -0.530. The van der Waals surface area contributed by atoms with E-state index in [-0.39, 0.29) is 11.1 Å². The van der Waals surface area contributed by atoms with Gasteiger partial charge in [0, 0.05) is 18.1 Å². The summed E-state index contributed by atoms with van der Waals surface area (Å²) in [5, 5.41) is 0. The van der Waals surface area contributed by atoms with Gasteiger partial charge < -0.3 is 4.90 Å². The van der Waals surface area contributed by atoms with Crippen LogP contribution in [0.4, 0.5) is 0 Å². The van der Waals surface area contributed by atoms with Crippen molar-refractivity contribution < 1.29 is 0 Å². The third-order valence-corrected chi connectivity index (χ3v) is 1.68. The zero-order valence-corrected chi connectivity index (χ0v) is 9.47. The fraction of sp³-hybridized carbons (Fsp3) is 0.900. The lowest BCUT2D eigenvalue weighted by atomic mass is 9.97. The summed E-state index contributed by atoms with van der Waals surface area (Å²) in [5.74, 6) is 0. The molecule has 0 heterocycles. The summed E-state index contributed by atoms with van der Waals surface area (Å²) < 4.78 is 0. The van der Waals surface area contributed by atoms with E-state index >= 15 is 0 Å². The van der Waals surface area contributed by atoms with Crippen molar-refractivity contribution in [1.29, 1.82) is 0 Å². The molecular formula is C10H22N2. The molecule has 0 spiro atoms. The fourth-order valence-electron chi connectivity index (χ4n) is 1.47. The van der Waals surface area contributed by atoms with Crippen LogP contribution in [0.2, 0.25) is 0 Å². The summed E-state index contributed by atoms with van der Waals surface area (Å²) in [6, 6.07) is 0. The van der Waals surface area contributed by atoms with Crippen molar-refractivity contribution in [2.75, 3.05) is 7.05 Å². The van der Waals surface area contributed by atoms with Gasteiger partial charge in [-0.15, -0.1) is 0 Å². The molecule has 0 aromatic heterocycles. The Balaban J connectivity index is 4.69. The lowest BCUT2D eigenvalue weighted by Crippen LogP contribution is -2.51. The normalized spacial score (nSPS) is 13.9. The average Bonchev–Trinajstić information content (AvgIpc) is 1.77. The van der Waals surface area contributed by atoms with Gasteiger partial charge in [-0.2, -0.15) is 0 Å². The van der Waals surface area contributed by atoms with Gasteiger partial charge in [-0.1, -0.05) is 0 Å². The summed E-state index contributed by atoms with van der Waals surface area (Å²) in [7, 11) is 1.81. The molecule has 0 unspecified atom stereocenters. The third-order valence-electron chi connectivity index (χ3n) is 1.68. The van der Waals surface area contributed by atoms with Crippen molar-refractivity contribution in [1.82, 2.24) is 4.90 Å². The molecule has 2 nitrogen and oxygen atoms in total. The first-order valence-corrected chi connectivity index (χ1v) is 4.41. The molecule has 0 fully saturated rings. The van der Waals surface area contributed by atoms with Gasteiger partial charge in [0.1, 0.15) is 0 Å². The van der Waals surface area contributed by atoms with Crippen molar-refractivity contribution in [2.24, 2.45) is 4.99 Å². The number of nitrogens with zero attached hydrogens (tertiary/aromatic N) is 2. The van der Waals surface area contributed by atoms with Crippen LogP contribution >= 0.6 is 0 Å².